The molecule has 2 heteroatoms. The molecule has 0 aliphatic heterocycles. The highest BCUT2D eigenvalue weighted by atomic mass is 32.1. The maximum absolute atomic E-state index is 4.43. The molecule has 1 aromatic carbocycles. The van der Waals surface area contributed by atoms with Crippen molar-refractivity contribution in [1.29, 1.82) is 0 Å². The highest BCUT2D eigenvalue weighted by Gasteiger charge is 2.10. The van der Waals surface area contributed by atoms with E-state index in [4.69, 9.17) is 0 Å². The standard InChI is InChI=1S/C11H13NS/c1-12-11-9-5-3-2-4-8(9)6-7-10(11)13/h2,4,6-7,12-13H,3,5H2,1H3. The lowest BCUT2D eigenvalue weighted by Gasteiger charge is -2.16. The zero-order chi connectivity index (χ0) is 9.26. The Hall–Kier alpha value is -0.890. The largest absolute Gasteiger partial charge is 0.387 e. The van der Waals surface area contributed by atoms with Gasteiger partial charge in [0.05, 0.1) is 5.69 Å². The second kappa shape index (κ2) is 3.46. The topological polar surface area (TPSA) is 12.0 Å². The summed E-state index contributed by atoms with van der Waals surface area (Å²) in [7, 11) is 1.95. The number of anilines is 1. The Labute approximate surface area is 84.3 Å². The second-order valence-electron chi connectivity index (χ2n) is 3.22. The molecule has 0 amide bonds. The van der Waals surface area contributed by atoms with Crippen LogP contribution >= 0.6 is 12.6 Å². The van der Waals surface area contributed by atoms with Gasteiger partial charge in [-0.25, -0.2) is 0 Å². The van der Waals surface area contributed by atoms with E-state index >= 15 is 0 Å². The van der Waals surface area contributed by atoms with Crippen LogP contribution in [0.15, 0.2) is 23.1 Å². The summed E-state index contributed by atoms with van der Waals surface area (Å²) >= 11 is 4.43. The van der Waals surface area contributed by atoms with Crippen LogP contribution in [-0.4, -0.2) is 7.05 Å². The Morgan fingerprint density at radius 3 is 3.00 bits per heavy atom. The molecule has 1 nitrogen and oxygen atoms in total. The van der Waals surface area contributed by atoms with Gasteiger partial charge in [0.1, 0.15) is 0 Å². The van der Waals surface area contributed by atoms with Crippen LogP contribution in [0.1, 0.15) is 17.5 Å². The predicted molar refractivity (Wildman–Crippen MR) is 60.6 cm³/mol. The molecule has 0 unspecified atom stereocenters. The number of hydrogen-bond acceptors (Lipinski definition) is 2. The Kier molecular flexibility index (Phi) is 2.32. The molecule has 0 bridgehead atoms. The van der Waals surface area contributed by atoms with Gasteiger partial charge in [-0.15, -0.1) is 12.6 Å². The molecule has 0 atom stereocenters. The summed E-state index contributed by atoms with van der Waals surface area (Å²) in [6, 6.07) is 4.18. The first-order valence-electron chi connectivity index (χ1n) is 4.52. The first kappa shape index (κ1) is 8.70. The van der Waals surface area contributed by atoms with Crippen LogP contribution in [0.5, 0.6) is 0 Å². The van der Waals surface area contributed by atoms with E-state index < -0.39 is 0 Å². The molecule has 1 N–H and O–H groups in total. The molecule has 0 radical (unpaired) electrons. The molecular formula is C11H13NS. The Balaban J connectivity index is 2.60. The van der Waals surface area contributed by atoms with Crippen LogP contribution in [0.4, 0.5) is 5.69 Å². The maximum atomic E-state index is 4.43. The molecule has 0 saturated heterocycles. The van der Waals surface area contributed by atoms with Gasteiger partial charge in [0.2, 0.25) is 0 Å². The zero-order valence-corrected chi connectivity index (χ0v) is 8.57. The highest BCUT2D eigenvalue weighted by Crippen LogP contribution is 2.31. The van der Waals surface area contributed by atoms with Crippen LogP contribution in [0.25, 0.3) is 6.08 Å². The second-order valence-corrected chi connectivity index (χ2v) is 3.70. The third kappa shape index (κ3) is 1.46. The van der Waals surface area contributed by atoms with E-state index in [0.717, 1.165) is 17.7 Å². The summed E-state index contributed by atoms with van der Waals surface area (Å²) < 4.78 is 0. The quantitative estimate of drug-likeness (QED) is 0.650. The fourth-order valence-corrected chi connectivity index (χ4v) is 2.12. The van der Waals surface area contributed by atoms with E-state index in [1.54, 1.807) is 0 Å². The van der Waals surface area contributed by atoms with Crippen molar-refractivity contribution in [2.24, 2.45) is 0 Å². The summed E-state index contributed by atoms with van der Waals surface area (Å²) in [6.07, 6.45) is 6.67. The van der Waals surface area contributed by atoms with Gasteiger partial charge >= 0.3 is 0 Å². The number of rotatable bonds is 1. The Bertz CT molecular complexity index is 355. The molecule has 2 rings (SSSR count). The third-order valence-electron chi connectivity index (χ3n) is 2.44. The first-order chi connectivity index (χ1) is 6.33. The van der Waals surface area contributed by atoms with Crippen molar-refractivity contribution >= 4 is 24.4 Å². The Morgan fingerprint density at radius 2 is 2.23 bits per heavy atom. The molecule has 0 spiro atoms. The number of nitrogens with one attached hydrogen (secondary N) is 1. The van der Waals surface area contributed by atoms with Gasteiger partial charge in [-0.3, -0.25) is 0 Å². The molecule has 0 aromatic heterocycles. The van der Waals surface area contributed by atoms with E-state index in [-0.39, 0.29) is 0 Å². The number of benzene rings is 1. The van der Waals surface area contributed by atoms with Gasteiger partial charge in [0.15, 0.2) is 0 Å². The van der Waals surface area contributed by atoms with Crippen LogP contribution in [0.3, 0.4) is 0 Å². The van der Waals surface area contributed by atoms with Crippen LogP contribution in [-0.2, 0) is 6.42 Å². The van der Waals surface area contributed by atoms with E-state index in [2.05, 4.69) is 36.2 Å². The number of thiol groups is 1. The van der Waals surface area contributed by atoms with Crippen molar-refractivity contribution in [3.8, 4) is 0 Å². The summed E-state index contributed by atoms with van der Waals surface area (Å²) in [5.74, 6) is 0. The number of hydrogen-bond donors (Lipinski definition) is 2. The van der Waals surface area contributed by atoms with Gasteiger partial charge in [-0.05, 0) is 30.0 Å². The van der Waals surface area contributed by atoms with Gasteiger partial charge in [-0.2, -0.15) is 0 Å². The monoisotopic (exact) mass is 191 g/mol. The van der Waals surface area contributed by atoms with Crippen molar-refractivity contribution in [1.82, 2.24) is 0 Å². The molecule has 13 heavy (non-hydrogen) atoms. The van der Waals surface area contributed by atoms with Gasteiger partial charge in [0.25, 0.3) is 0 Å². The summed E-state index contributed by atoms with van der Waals surface area (Å²) in [5.41, 5.74) is 3.91. The lowest BCUT2D eigenvalue weighted by atomic mass is 9.96. The van der Waals surface area contributed by atoms with E-state index in [1.165, 1.54) is 16.8 Å². The van der Waals surface area contributed by atoms with Crippen LogP contribution < -0.4 is 5.32 Å². The average Bonchev–Trinajstić information content (AvgIpc) is 2.18. The van der Waals surface area contributed by atoms with Crippen molar-refractivity contribution in [3.05, 3.63) is 29.3 Å². The molecule has 0 heterocycles. The first-order valence-corrected chi connectivity index (χ1v) is 4.97. The number of allylic oxidation sites excluding steroid dienone is 1. The molecule has 1 aliphatic carbocycles. The van der Waals surface area contributed by atoms with Gasteiger partial charge in [-0.1, -0.05) is 18.2 Å². The van der Waals surface area contributed by atoms with E-state index in [1.807, 2.05) is 13.1 Å². The molecule has 68 valence electrons. The maximum Gasteiger partial charge on any atom is 0.0511 e. The zero-order valence-electron chi connectivity index (χ0n) is 7.67. The van der Waals surface area contributed by atoms with Crippen LogP contribution in [0, 0.1) is 0 Å². The minimum absolute atomic E-state index is 1.04. The van der Waals surface area contributed by atoms with Gasteiger partial charge in [0, 0.05) is 11.9 Å². The minimum atomic E-state index is 1.04. The molecule has 1 aromatic rings. The normalized spacial score (nSPS) is 14.0. The van der Waals surface area contributed by atoms with Crippen molar-refractivity contribution in [2.45, 2.75) is 17.7 Å². The number of fused-ring (bicyclic) bond motifs is 1. The lowest BCUT2D eigenvalue weighted by Crippen LogP contribution is -2.01. The van der Waals surface area contributed by atoms with Crippen molar-refractivity contribution in [3.63, 3.8) is 0 Å². The smallest absolute Gasteiger partial charge is 0.0511 e. The van der Waals surface area contributed by atoms with Crippen molar-refractivity contribution < 1.29 is 0 Å². The minimum Gasteiger partial charge on any atom is -0.387 e. The predicted octanol–water partition coefficient (Wildman–Crippen LogP) is 2.98. The highest BCUT2D eigenvalue weighted by molar-refractivity contribution is 7.80. The summed E-state index contributed by atoms with van der Waals surface area (Å²) in [6.45, 7) is 0. The SMILES string of the molecule is CNc1c(S)ccc2c1CCC=C2. The lowest BCUT2D eigenvalue weighted by molar-refractivity contribution is 0.979. The Morgan fingerprint density at radius 1 is 1.38 bits per heavy atom. The molecule has 0 fully saturated rings. The van der Waals surface area contributed by atoms with Crippen molar-refractivity contribution in [2.75, 3.05) is 12.4 Å². The average molecular weight is 191 g/mol. The van der Waals surface area contributed by atoms with E-state index in [9.17, 15) is 0 Å². The fraction of sp³-hybridized carbons (Fsp3) is 0.273. The molecule has 1 aliphatic rings. The molecule has 0 saturated carbocycles. The summed E-state index contributed by atoms with van der Waals surface area (Å²) in [4.78, 5) is 1.04. The fourth-order valence-electron chi connectivity index (χ4n) is 1.79. The third-order valence-corrected chi connectivity index (χ3v) is 2.81. The summed E-state index contributed by atoms with van der Waals surface area (Å²) in [5, 5.41) is 3.21. The van der Waals surface area contributed by atoms with Gasteiger partial charge < -0.3 is 5.32 Å². The van der Waals surface area contributed by atoms with Crippen LogP contribution in [0.2, 0.25) is 0 Å². The molecular weight excluding hydrogens is 178 g/mol. The van der Waals surface area contributed by atoms with E-state index in [0.29, 0.717) is 0 Å².